The summed E-state index contributed by atoms with van der Waals surface area (Å²) >= 11 is 0. The fourth-order valence-corrected chi connectivity index (χ4v) is 2.65. The van der Waals surface area contributed by atoms with Gasteiger partial charge in [-0.15, -0.1) is 0 Å². The first kappa shape index (κ1) is 21.4. The summed E-state index contributed by atoms with van der Waals surface area (Å²) < 4.78 is 0. The minimum absolute atomic E-state index is 0.0439. The fraction of sp³-hybridized carbons (Fsp3) is 0.688. The number of aliphatic carboxylic acids is 2. The Morgan fingerprint density at radius 2 is 1.69 bits per heavy atom. The van der Waals surface area contributed by atoms with Crippen LogP contribution < -0.4 is 10.6 Å². The molecule has 1 saturated heterocycles. The summed E-state index contributed by atoms with van der Waals surface area (Å²) in [4.78, 5) is 59.1. The molecule has 0 bridgehead atoms. The van der Waals surface area contributed by atoms with E-state index < -0.39 is 41.9 Å². The van der Waals surface area contributed by atoms with Crippen LogP contribution in [0.3, 0.4) is 0 Å². The third-order valence-corrected chi connectivity index (χ3v) is 4.14. The summed E-state index contributed by atoms with van der Waals surface area (Å²) in [6, 6.07) is -2.74. The van der Waals surface area contributed by atoms with Crippen molar-refractivity contribution in [3.05, 3.63) is 0 Å². The van der Waals surface area contributed by atoms with Crippen molar-refractivity contribution in [1.29, 1.82) is 0 Å². The van der Waals surface area contributed by atoms with Crippen molar-refractivity contribution in [1.82, 2.24) is 15.5 Å². The lowest BCUT2D eigenvalue weighted by molar-refractivity contribution is -0.142. The maximum absolute atomic E-state index is 12.4. The smallest absolute Gasteiger partial charge is 0.325 e. The highest BCUT2D eigenvalue weighted by Gasteiger charge is 2.35. The number of likely N-dealkylation sites (tertiary alicyclic amines) is 1. The van der Waals surface area contributed by atoms with Crippen molar-refractivity contribution in [3.8, 4) is 0 Å². The van der Waals surface area contributed by atoms with Crippen LogP contribution in [0.15, 0.2) is 0 Å². The molecule has 1 fully saturated rings. The number of nitrogens with one attached hydrogen (secondary N) is 2. The Balaban J connectivity index is 2.56. The van der Waals surface area contributed by atoms with Crippen LogP contribution in [0.25, 0.3) is 0 Å². The van der Waals surface area contributed by atoms with E-state index in [0.717, 1.165) is 0 Å². The molecule has 0 unspecified atom stereocenters. The molecular formula is C16H25N3O7. The highest BCUT2D eigenvalue weighted by molar-refractivity contribution is 5.93. The number of nitrogens with zero attached hydrogens (tertiary/aromatic N) is 1. The van der Waals surface area contributed by atoms with Crippen LogP contribution in [0, 0.1) is 0 Å². The highest BCUT2D eigenvalue weighted by Crippen LogP contribution is 2.19. The predicted molar refractivity (Wildman–Crippen MR) is 89.1 cm³/mol. The summed E-state index contributed by atoms with van der Waals surface area (Å²) in [5.74, 6) is -3.58. The van der Waals surface area contributed by atoms with Gasteiger partial charge in [0, 0.05) is 19.4 Å². The molecule has 10 nitrogen and oxygen atoms in total. The van der Waals surface area contributed by atoms with Crippen LogP contribution in [-0.2, 0) is 24.0 Å². The molecular weight excluding hydrogens is 346 g/mol. The molecule has 0 aromatic heterocycles. The van der Waals surface area contributed by atoms with Crippen LogP contribution in [0.4, 0.5) is 0 Å². The van der Waals surface area contributed by atoms with Gasteiger partial charge in [0.15, 0.2) is 0 Å². The summed E-state index contributed by atoms with van der Waals surface area (Å²) in [7, 11) is 0. The first-order valence-corrected chi connectivity index (χ1v) is 8.48. The number of hydrogen-bond donors (Lipinski definition) is 4. The Kier molecular flexibility index (Phi) is 8.01. The number of amides is 3. The minimum Gasteiger partial charge on any atom is -0.481 e. The van der Waals surface area contributed by atoms with Gasteiger partial charge in [-0.3, -0.25) is 24.0 Å². The van der Waals surface area contributed by atoms with Gasteiger partial charge < -0.3 is 25.7 Å². The molecule has 1 aliphatic heterocycles. The summed E-state index contributed by atoms with van der Waals surface area (Å²) in [5.41, 5.74) is 0. The number of carboxylic acids is 2. The van der Waals surface area contributed by atoms with E-state index in [1.54, 1.807) is 0 Å². The Bertz CT molecular complexity index is 578. The molecule has 146 valence electrons. The van der Waals surface area contributed by atoms with E-state index in [2.05, 4.69) is 10.6 Å². The molecule has 3 amide bonds. The van der Waals surface area contributed by atoms with Gasteiger partial charge >= 0.3 is 11.9 Å². The number of rotatable bonds is 9. The number of carboxylic acid groups (broad SMARTS) is 2. The van der Waals surface area contributed by atoms with E-state index in [9.17, 15) is 24.0 Å². The van der Waals surface area contributed by atoms with Gasteiger partial charge in [0.2, 0.25) is 17.7 Å². The van der Waals surface area contributed by atoms with Crippen molar-refractivity contribution < 1.29 is 34.2 Å². The van der Waals surface area contributed by atoms with Gasteiger partial charge in [0.1, 0.15) is 18.1 Å². The van der Waals surface area contributed by atoms with Crippen LogP contribution in [-0.4, -0.2) is 69.4 Å². The standard InChI is InChI=1S/C16H25N3O7/c1-9(14(23)18-10(2)16(25)26)17-15(24)11-5-4-8-19(11)12(20)6-3-7-13(21)22/h9-11H,3-8H2,1-2H3,(H,17,24)(H,18,23)(H,21,22)(H,25,26)/t9-,10-,11-/m0/s1. The van der Waals surface area contributed by atoms with Gasteiger partial charge in [0.25, 0.3) is 0 Å². The second kappa shape index (κ2) is 9.73. The van der Waals surface area contributed by atoms with Crippen molar-refractivity contribution in [2.45, 2.75) is 64.1 Å². The van der Waals surface area contributed by atoms with E-state index in [-0.39, 0.29) is 25.2 Å². The summed E-state index contributed by atoms with van der Waals surface area (Å²) in [6.45, 7) is 3.14. The lowest BCUT2D eigenvalue weighted by Crippen LogP contribution is -2.53. The minimum atomic E-state index is -1.19. The molecule has 0 aromatic rings. The molecule has 1 heterocycles. The number of carbonyl (C=O) groups is 5. The maximum Gasteiger partial charge on any atom is 0.325 e. The van der Waals surface area contributed by atoms with Crippen LogP contribution in [0.5, 0.6) is 0 Å². The zero-order chi connectivity index (χ0) is 19.9. The summed E-state index contributed by atoms with van der Waals surface area (Å²) in [5, 5.41) is 22.2. The zero-order valence-corrected chi connectivity index (χ0v) is 14.9. The Labute approximate surface area is 150 Å². The van der Waals surface area contributed by atoms with E-state index >= 15 is 0 Å². The van der Waals surface area contributed by atoms with Crippen molar-refractivity contribution in [2.75, 3.05) is 6.54 Å². The molecule has 26 heavy (non-hydrogen) atoms. The quantitative estimate of drug-likeness (QED) is 0.419. The number of hydrogen-bond acceptors (Lipinski definition) is 5. The molecule has 0 aliphatic carbocycles. The number of carbonyl (C=O) groups excluding carboxylic acids is 3. The van der Waals surface area contributed by atoms with Crippen molar-refractivity contribution in [3.63, 3.8) is 0 Å². The Hall–Kier alpha value is -2.65. The van der Waals surface area contributed by atoms with E-state index in [1.165, 1.54) is 18.7 Å². The van der Waals surface area contributed by atoms with Gasteiger partial charge in [-0.1, -0.05) is 0 Å². The molecule has 0 aromatic carbocycles. The SMILES string of the molecule is C[C@H](NC(=O)[C@H](C)NC(=O)[C@@H]1CCCN1C(=O)CCCC(=O)O)C(=O)O. The van der Waals surface area contributed by atoms with E-state index in [0.29, 0.717) is 19.4 Å². The second-order valence-corrected chi connectivity index (χ2v) is 6.29. The average molecular weight is 371 g/mol. The molecule has 0 saturated carbocycles. The first-order chi connectivity index (χ1) is 12.1. The third kappa shape index (κ3) is 6.34. The maximum atomic E-state index is 12.4. The van der Waals surface area contributed by atoms with Crippen molar-refractivity contribution in [2.24, 2.45) is 0 Å². The van der Waals surface area contributed by atoms with Gasteiger partial charge in [-0.05, 0) is 33.1 Å². The van der Waals surface area contributed by atoms with Gasteiger partial charge in [-0.2, -0.15) is 0 Å². The van der Waals surface area contributed by atoms with Crippen LogP contribution in [0.1, 0.15) is 46.0 Å². The molecule has 1 rings (SSSR count). The third-order valence-electron chi connectivity index (χ3n) is 4.14. The highest BCUT2D eigenvalue weighted by atomic mass is 16.4. The fourth-order valence-electron chi connectivity index (χ4n) is 2.65. The zero-order valence-electron chi connectivity index (χ0n) is 14.9. The second-order valence-electron chi connectivity index (χ2n) is 6.29. The monoisotopic (exact) mass is 371 g/mol. The molecule has 1 aliphatic rings. The topological polar surface area (TPSA) is 153 Å². The van der Waals surface area contributed by atoms with Gasteiger partial charge in [0.05, 0.1) is 0 Å². The molecule has 3 atom stereocenters. The van der Waals surface area contributed by atoms with Crippen LogP contribution in [0.2, 0.25) is 0 Å². The lowest BCUT2D eigenvalue weighted by atomic mass is 10.1. The van der Waals surface area contributed by atoms with E-state index in [1.807, 2.05) is 0 Å². The predicted octanol–water partition coefficient (Wildman–Crippen LogP) is -0.674. The summed E-state index contributed by atoms with van der Waals surface area (Å²) in [6.07, 6.45) is 1.22. The van der Waals surface area contributed by atoms with Crippen LogP contribution >= 0.6 is 0 Å². The average Bonchev–Trinajstić information content (AvgIpc) is 3.03. The lowest BCUT2D eigenvalue weighted by Gasteiger charge is -2.25. The normalized spacial score (nSPS) is 18.7. The molecule has 10 heteroatoms. The molecule has 4 N–H and O–H groups in total. The van der Waals surface area contributed by atoms with Crippen molar-refractivity contribution >= 4 is 29.7 Å². The molecule has 0 spiro atoms. The Morgan fingerprint density at radius 3 is 2.27 bits per heavy atom. The first-order valence-electron chi connectivity index (χ1n) is 8.48. The van der Waals surface area contributed by atoms with Gasteiger partial charge in [-0.25, -0.2) is 0 Å². The Morgan fingerprint density at radius 1 is 1.04 bits per heavy atom. The van der Waals surface area contributed by atoms with E-state index in [4.69, 9.17) is 10.2 Å². The molecule has 0 radical (unpaired) electrons. The largest absolute Gasteiger partial charge is 0.481 e.